The van der Waals surface area contributed by atoms with Crippen molar-refractivity contribution in [2.45, 2.75) is 27.2 Å². The molecule has 0 amide bonds. The van der Waals surface area contributed by atoms with E-state index < -0.39 is 8.25 Å². The number of hydrogen-bond acceptors (Lipinski definition) is 10. The summed E-state index contributed by atoms with van der Waals surface area (Å²) < 4.78 is 16.4. The number of aromatic nitrogens is 3. The monoisotopic (exact) mass is 1190 g/mol. The van der Waals surface area contributed by atoms with Crippen molar-refractivity contribution >= 4 is 132 Å². The second kappa shape index (κ2) is 55.1. The Labute approximate surface area is 505 Å². The molecule has 1 atom stereocenters. The molecular formula is C39H44CuI2K3Li2N4O9P-. The molecule has 0 aliphatic heterocycles. The van der Waals surface area contributed by atoms with E-state index in [4.69, 9.17) is 14.7 Å². The number of aromatic amines is 1. The van der Waals surface area contributed by atoms with E-state index in [0.29, 0.717) is 5.56 Å². The summed E-state index contributed by atoms with van der Waals surface area (Å²) in [5.41, 5.74) is 4.17. The van der Waals surface area contributed by atoms with Gasteiger partial charge in [0.15, 0.2) is 11.6 Å². The molecule has 0 bridgehead atoms. The molecule has 0 spiro atoms. The fourth-order valence-electron chi connectivity index (χ4n) is 3.79. The van der Waals surface area contributed by atoms with Crippen LogP contribution in [0.1, 0.15) is 53.5 Å². The molecule has 0 fully saturated rings. The van der Waals surface area contributed by atoms with Crippen LogP contribution in [0, 0.1) is 3.57 Å². The molecule has 0 radical (unpaired) electrons. The Morgan fingerprint density at radius 1 is 0.803 bits per heavy atom. The van der Waals surface area contributed by atoms with E-state index in [1.165, 1.54) is 73.1 Å². The normalized spacial score (nSPS) is 8.46. The zero-order valence-corrected chi connectivity index (χ0v) is 51.4. The Kier molecular flexibility index (Phi) is 70.1. The smallest absolute Gasteiger partial charge is 0.870 e. The summed E-state index contributed by atoms with van der Waals surface area (Å²) in [5.74, 6) is 0.200. The van der Waals surface area contributed by atoms with Crippen molar-refractivity contribution < 1.29 is 147 Å². The van der Waals surface area contributed by atoms with E-state index in [9.17, 15) is 14.4 Å². The Bertz CT molecular complexity index is 1880. The van der Waals surface area contributed by atoms with Crippen molar-refractivity contribution in [2.24, 2.45) is 0 Å². The summed E-state index contributed by atoms with van der Waals surface area (Å²) in [6.45, 7) is 6.41. The number of nitrogens with one attached hydrogen (secondary N) is 2. The van der Waals surface area contributed by atoms with Crippen molar-refractivity contribution in [3.8, 4) is 11.4 Å². The summed E-state index contributed by atoms with van der Waals surface area (Å²) in [4.78, 5) is 43.5. The Morgan fingerprint density at radius 3 is 1.46 bits per heavy atom. The first-order valence-electron chi connectivity index (χ1n) is 17.0. The standard InChI is InChI=1S/C12H11NO.C11H8NO.C6H5I.C6H7NO.C4H11N.Cu.HI.3K.2Li.HO4P.2H2O/c1-10(14)11-7-8-13(9-11)12-5-3-2-4-6-12;13-9-10-6-7-12(8-10)11-4-2-1-3-5-11;7-6-4-2-1-3-5-6;1-5(8)6-2-3-7-4-6;1-3-4-5-2;;;;;;;;1-4-5(2)3;;/h2-9H,1H3;1-8H;1-5H;2-4,7H,1H3;5H,3-4H2,1-2H3;;1H;;;;;;1H;2*1H2/q;-1;;;;+1;;;;3*+1;;;/p-4. The third kappa shape index (κ3) is 42.3. The van der Waals surface area contributed by atoms with Gasteiger partial charge in [0.05, 0.1) is 6.29 Å². The van der Waals surface area contributed by atoms with E-state index in [1.807, 2.05) is 126 Å². The van der Waals surface area contributed by atoms with Gasteiger partial charge in [0.2, 0.25) is 0 Å². The number of H-pyrrole nitrogens is 1. The molecule has 6 aromatic rings. The number of halogens is 2. The van der Waals surface area contributed by atoms with E-state index >= 15 is 0 Å². The number of benzene rings is 3. The molecule has 0 aliphatic carbocycles. The molecule has 61 heavy (non-hydrogen) atoms. The number of nitrogens with zero attached hydrogens (tertiary/aromatic N) is 2. The molecule has 1 unspecified atom stereocenters. The molecule has 3 aromatic carbocycles. The van der Waals surface area contributed by atoms with Crippen LogP contribution in [-0.4, -0.2) is 120 Å². The van der Waals surface area contributed by atoms with Crippen molar-refractivity contribution in [2.75, 3.05) is 13.6 Å². The molecule has 310 valence electrons. The van der Waals surface area contributed by atoms with E-state index in [2.05, 4.69) is 69.4 Å². The number of carbonyl (C=O) groups is 2. The first kappa shape index (κ1) is 77.7. The number of carbonyl (C=O) groups excluding carboxylic acids is 3. The van der Waals surface area contributed by atoms with Gasteiger partial charge in [-0.3, -0.25) is 9.59 Å². The molecular weight excluding hydrogens is 1150 g/mol. The predicted molar refractivity (Wildman–Crippen MR) is 239 cm³/mol. The SMILES string of the molecule is CC(=O)c1cc[nH]c1.CC(=O)c1ccn(-c2ccccc2)c1.CCCNC.Ic1ccccc1.O=[C-]c1ccn(-c2ccccc2)c1.O=[P+]([O-])O[O-].[Cu][I].[K+].[K][K].[Li+].[Li+].[OH-].[OH-]. The Morgan fingerprint density at radius 2 is 1.21 bits per heavy atom. The molecule has 3 aromatic heterocycles. The predicted octanol–water partition coefficient (Wildman–Crippen LogP) is -2.18. The zero-order chi connectivity index (χ0) is 42.6. The van der Waals surface area contributed by atoms with Crippen LogP contribution in [0.4, 0.5) is 0 Å². The number of Topliss-reactive ketones (excluding diaryl/α,β-unsaturated/α-hetero) is 2. The summed E-state index contributed by atoms with van der Waals surface area (Å²) >= 11 is 10.6. The molecule has 6 rings (SSSR count). The van der Waals surface area contributed by atoms with E-state index in [0.717, 1.165) is 29.0 Å². The second-order valence-corrected chi connectivity index (χ2v) is 12.1. The maximum Gasteiger partial charge on any atom is 1.00 e. The van der Waals surface area contributed by atoms with Gasteiger partial charge in [-0.15, -0.1) is 11.6 Å². The largest absolute Gasteiger partial charge is 1.00 e. The van der Waals surface area contributed by atoms with Crippen LogP contribution >= 0.6 is 51.2 Å². The summed E-state index contributed by atoms with van der Waals surface area (Å²) in [6, 6.07) is 35.3. The van der Waals surface area contributed by atoms with Crippen molar-refractivity contribution in [3.63, 3.8) is 0 Å². The van der Waals surface area contributed by atoms with Gasteiger partial charge in [-0.2, -0.15) is 0 Å². The number of ketones is 2. The van der Waals surface area contributed by atoms with Gasteiger partial charge in [-0.1, -0.05) is 73.9 Å². The van der Waals surface area contributed by atoms with Gasteiger partial charge < -0.3 is 45.3 Å². The van der Waals surface area contributed by atoms with Crippen LogP contribution in [0.25, 0.3) is 11.4 Å². The van der Waals surface area contributed by atoms with Crippen LogP contribution in [0.15, 0.2) is 146 Å². The Hall–Kier alpha value is 2.45. The summed E-state index contributed by atoms with van der Waals surface area (Å²) in [6.07, 6.45) is 13.8. The molecule has 13 nitrogen and oxygen atoms in total. The second-order valence-electron chi connectivity index (χ2n) is 10.3. The third-order valence-corrected chi connectivity index (χ3v) is 7.16. The first-order chi connectivity index (χ1) is 27.1. The van der Waals surface area contributed by atoms with Crippen molar-refractivity contribution in [1.82, 2.24) is 19.4 Å². The third-order valence-electron chi connectivity index (χ3n) is 6.32. The van der Waals surface area contributed by atoms with Crippen LogP contribution in [0.2, 0.25) is 0 Å². The summed E-state index contributed by atoms with van der Waals surface area (Å²) in [7, 11) is -1.19. The summed E-state index contributed by atoms with van der Waals surface area (Å²) in [5, 5.41) is 11.6. The minimum Gasteiger partial charge on any atom is -0.870 e. The van der Waals surface area contributed by atoms with Crippen LogP contribution in [-0.2, 0) is 26.8 Å². The van der Waals surface area contributed by atoms with Gasteiger partial charge in [0.1, 0.15) is 0 Å². The average molecular weight is 1190 g/mol. The molecule has 22 heteroatoms. The van der Waals surface area contributed by atoms with Gasteiger partial charge in [0, 0.05) is 50.9 Å². The Balaban J connectivity index is -0.000000115. The van der Waals surface area contributed by atoms with Crippen LogP contribution < -0.4 is 105 Å². The van der Waals surface area contributed by atoms with Crippen molar-refractivity contribution in [1.29, 1.82) is 0 Å². The maximum atomic E-state index is 11.1. The van der Waals surface area contributed by atoms with E-state index in [1.54, 1.807) is 64.9 Å². The van der Waals surface area contributed by atoms with Crippen molar-refractivity contribution in [3.05, 3.63) is 167 Å². The topological polar surface area (TPSA) is 221 Å². The number of para-hydroxylation sites is 2. The molecule has 0 saturated heterocycles. The minimum absolute atomic E-state index is 0. The fourth-order valence-corrected chi connectivity index (χ4v) is 4.21. The molecule has 4 N–H and O–H groups in total. The van der Waals surface area contributed by atoms with Gasteiger partial charge in [0.25, 0.3) is 0 Å². The van der Waals surface area contributed by atoms with Gasteiger partial charge in [-0.05, 0) is 110 Å². The zero-order valence-electron chi connectivity index (χ0n) is 35.9. The minimum atomic E-state index is -3.15. The average Bonchev–Trinajstić information content (AvgIpc) is 4.06. The number of rotatable bonds is 8. The maximum absolute atomic E-state index is 11.1. The molecule has 0 saturated carbocycles. The van der Waals surface area contributed by atoms with Crippen LogP contribution in [0.5, 0.6) is 0 Å². The number of hydrogen-bond donors (Lipinski definition) is 2. The fraction of sp³-hybridized carbons (Fsp3) is 0.154. The van der Waals surface area contributed by atoms with Crippen LogP contribution in [0.3, 0.4) is 0 Å². The first-order valence-corrected chi connectivity index (χ1v) is 38.2. The van der Waals surface area contributed by atoms with E-state index in [-0.39, 0.29) is 112 Å². The van der Waals surface area contributed by atoms with Gasteiger partial charge >= 0.3 is 194 Å². The molecule has 3 heterocycles. The quantitative estimate of drug-likeness (QED) is 0.0319. The van der Waals surface area contributed by atoms with Gasteiger partial charge in [-0.25, -0.2) is 4.67 Å². The molecule has 0 aliphatic rings.